The van der Waals surface area contributed by atoms with Gasteiger partial charge in [-0.15, -0.1) is 0 Å². The molecule has 2 unspecified atom stereocenters. The van der Waals surface area contributed by atoms with Gasteiger partial charge in [0.1, 0.15) is 5.78 Å². The lowest BCUT2D eigenvalue weighted by Gasteiger charge is -2.35. The average Bonchev–Trinajstić information content (AvgIpc) is 2.79. The molecule has 4 aliphatic rings. The Morgan fingerprint density at radius 3 is 1.87 bits per heavy atom. The summed E-state index contributed by atoms with van der Waals surface area (Å²) in [6, 6.07) is 0.323. The van der Waals surface area contributed by atoms with Crippen LogP contribution in [0.25, 0.3) is 0 Å². The second-order valence-corrected chi connectivity index (χ2v) is 10.7. The molecule has 4 rings (SSSR count). The Labute approximate surface area is 184 Å². The smallest absolute Gasteiger partial charge is 0.139 e. The number of rotatable bonds is 4. The highest BCUT2D eigenvalue weighted by Gasteiger charge is 2.34. The van der Waals surface area contributed by atoms with E-state index in [0.717, 1.165) is 64.2 Å². The van der Waals surface area contributed by atoms with Gasteiger partial charge in [-0.1, -0.05) is 31.1 Å². The van der Waals surface area contributed by atoms with Crippen LogP contribution in [0.15, 0.2) is 0 Å². The van der Waals surface area contributed by atoms with Gasteiger partial charge in [0.05, 0.1) is 12.2 Å². The Morgan fingerprint density at radius 1 is 0.633 bits per heavy atom. The lowest BCUT2D eigenvalue weighted by atomic mass is 9.73. The zero-order valence-corrected chi connectivity index (χ0v) is 19.0. The number of carbonyl (C=O) groups excluding carboxylic acids is 1. The summed E-state index contributed by atoms with van der Waals surface area (Å²) in [7, 11) is 0. The van der Waals surface area contributed by atoms with Crippen molar-refractivity contribution in [2.75, 3.05) is 0 Å². The Balaban J connectivity index is 1.16. The highest BCUT2D eigenvalue weighted by molar-refractivity contribution is 5.83. The van der Waals surface area contributed by atoms with E-state index in [0.29, 0.717) is 41.8 Å². The van der Waals surface area contributed by atoms with Crippen LogP contribution in [-0.4, -0.2) is 24.0 Å². The van der Waals surface area contributed by atoms with Crippen molar-refractivity contribution in [1.29, 1.82) is 0 Å². The Kier molecular flexibility index (Phi) is 8.30. The molecule has 3 nitrogen and oxygen atoms in total. The minimum atomic E-state index is 0.285. The largest absolute Gasteiger partial charge is 0.375 e. The van der Waals surface area contributed by atoms with Gasteiger partial charge in [-0.2, -0.15) is 0 Å². The molecular weight excluding hydrogens is 370 g/mol. The van der Waals surface area contributed by atoms with Crippen LogP contribution in [-0.2, 0) is 9.53 Å². The first-order valence-corrected chi connectivity index (χ1v) is 13.1. The molecule has 0 bridgehead atoms. The van der Waals surface area contributed by atoms with Crippen molar-refractivity contribution in [2.45, 2.75) is 127 Å². The fraction of sp³-hybridized carbons (Fsp3) is 0.889. The standard InChI is InChI=1S/C27H43NO2/c28-24-7-4-8-26(19-24)30-25-17-15-23(16-18-25)27(29)22-13-11-21(12-14-22)10-9-20-5-2-1-3-6-20/h20-26H,1-8,11-19,28H2. The van der Waals surface area contributed by atoms with E-state index in [9.17, 15) is 4.79 Å². The van der Waals surface area contributed by atoms with Gasteiger partial charge in [-0.25, -0.2) is 0 Å². The molecule has 2 N–H and O–H groups in total. The second-order valence-electron chi connectivity index (χ2n) is 10.7. The van der Waals surface area contributed by atoms with Gasteiger partial charge >= 0.3 is 0 Å². The van der Waals surface area contributed by atoms with E-state index in [2.05, 4.69) is 11.8 Å². The van der Waals surface area contributed by atoms with Crippen LogP contribution in [0.4, 0.5) is 0 Å². The highest BCUT2D eigenvalue weighted by atomic mass is 16.5. The summed E-state index contributed by atoms with van der Waals surface area (Å²) in [6.07, 6.45) is 20.6. The van der Waals surface area contributed by atoms with Gasteiger partial charge in [-0.05, 0) is 89.9 Å². The normalized spacial score (nSPS) is 38.4. The minimum Gasteiger partial charge on any atom is -0.375 e. The predicted octanol–water partition coefficient (Wildman–Crippen LogP) is 5.79. The van der Waals surface area contributed by atoms with Crippen molar-refractivity contribution in [3.05, 3.63) is 0 Å². The maximum atomic E-state index is 13.1. The van der Waals surface area contributed by atoms with E-state index in [1.165, 1.54) is 44.9 Å². The fourth-order valence-corrected chi connectivity index (χ4v) is 6.40. The molecule has 4 aliphatic carbocycles. The molecule has 0 saturated heterocycles. The van der Waals surface area contributed by atoms with Crippen molar-refractivity contribution in [2.24, 2.45) is 29.4 Å². The lowest BCUT2D eigenvalue weighted by Crippen LogP contribution is -2.37. The number of hydrogen-bond donors (Lipinski definition) is 1. The van der Waals surface area contributed by atoms with Crippen LogP contribution in [0.2, 0.25) is 0 Å². The molecule has 168 valence electrons. The summed E-state index contributed by atoms with van der Waals surface area (Å²) in [5.74, 6) is 9.52. The molecule has 4 saturated carbocycles. The molecule has 0 amide bonds. The van der Waals surface area contributed by atoms with Crippen LogP contribution < -0.4 is 5.73 Å². The maximum Gasteiger partial charge on any atom is 0.139 e. The van der Waals surface area contributed by atoms with E-state index in [4.69, 9.17) is 10.5 Å². The van der Waals surface area contributed by atoms with Crippen molar-refractivity contribution < 1.29 is 9.53 Å². The van der Waals surface area contributed by atoms with E-state index in [1.807, 2.05) is 0 Å². The highest BCUT2D eigenvalue weighted by Crippen LogP contribution is 2.36. The Bertz CT molecular complexity index is 598. The fourth-order valence-electron chi connectivity index (χ4n) is 6.40. The minimum absolute atomic E-state index is 0.285. The SMILES string of the molecule is NC1CCCC(OC2CCC(C(=O)C3CCC(C#CC4CCCCC4)CC3)CC2)C1. The maximum absolute atomic E-state index is 13.1. The summed E-state index contributed by atoms with van der Waals surface area (Å²) in [4.78, 5) is 13.1. The number of nitrogens with two attached hydrogens (primary N) is 1. The van der Waals surface area contributed by atoms with Gasteiger partial charge in [-0.3, -0.25) is 4.79 Å². The first-order valence-electron chi connectivity index (χ1n) is 13.1. The van der Waals surface area contributed by atoms with Gasteiger partial charge < -0.3 is 10.5 Å². The van der Waals surface area contributed by atoms with E-state index in [-0.39, 0.29) is 5.92 Å². The summed E-state index contributed by atoms with van der Waals surface area (Å²) < 4.78 is 6.36. The summed E-state index contributed by atoms with van der Waals surface area (Å²) in [6.45, 7) is 0. The zero-order valence-electron chi connectivity index (χ0n) is 19.0. The topological polar surface area (TPSA) is 52.3 Å². The molecule has 0 aromatic rings. The van der Waals surface area contributed by atoms with Crippen molar-refractivity contribution in [3.63, 3.8) is 0 Å². The van der Waals surface area contributed by atoms with Crippen LogP contribution in [0.5, 0.6) is 0 Å². The average molecular weight is 414 g/mol. The molecule has 0 radical (unpaired) electrons. The van der Waals surface area contributed by atoms with Gasteiger partial charge in [0.15, 0.2) is 0 Å². The molecule has 30 heavy (non-hydrogen) atoms. The third kappa shape index (κ3) is 6.33. The molecule has 3 heteroatoms. The number of ketones is 1. The number of Topliss-reactive ketones (excluding diaryl/α,β-unsaturated/α-hetero) is 1. The molecule has 4 fully saturated rings. The Morgan fingerprint density at radius 2 is 1.23 bits per heavy atom. The van der Waals surface area contributed by atoms with Gasteiger partial charge in [0.2, 0.25) is 0 Å². The van der Waals surface area contributed by atoms with Crippen molar-refractivity contribution >= 4 is 5.78 Å². The number of ether oxygens (including phenoxy) is 1. The second kappa shape index (κ2) is 11.1. The van der Waals surface area contributed by atoms with Crippen molar-refractivity contribution in [3.8, 4) is 11.8 Å². The number of hydrogen-bond acceptors (Lipinski definition) is 3. The first-order chi connectivity index (χ1) is 14.7. The monoisotopic (exact) mass is 413 g/mol. The summed E-state index contributed by atoms with van der Waals surface area (Å²) in [5, 5.41) is 0. The van der Waals surface area contributed by atoms with Crippen LogP contribution in [0.3, 0.4) is 0 Å². The molecule has 0 heterocycles. The molecule has 2 atom stereocenters. The predicted molar refractivity (Wildman–Crippen MR) is 122 cm³/mol. The molecule has 0 aromatic heterocycles. The van der Waals surface area contributed by atoms with E-state index in [1.54, 1.807) is 0 Å². The summed E-state index contributed by atoms with van der Waals surface area (Å²) >= 11 is 0. The quantitative estimate of drug-likeness (QED) is 0.593. The first kappa shape index (κ1) is 22.3. The van der Waals surface area contributed by atoms with Gasteiger partial charge in [0.25, 0.3) is 0 Å². The number of carbonyl (C=O) groups is 1. The molecule has 0 aliphatic heterocycles. The zero-order chi connectivity index (χ0) is 20.8. The Hall–Kier alpha value is -0.850. The lowest BCUT2D eigenvalue weighted by molar-refractivity contribution is -0.130. The van der Waals surface area contributed by atoms with Crippen molar-refractivity contribution in [1.82, 2.24) is 0 Å². The third-order valence-corrected chi connectivity index (χ3v) is 8.35. The van der Waals surface area contributed by atoms with Gasteiger partial charge in [0, 0.05) is 29.7 Å². The van der Waals surface area contributed by atoms with Crippen LogP contribution in [0, 0.1) is 35.5 Å². The molecular formula is C27H43NO2. The molecule has 0 aromatic carbocycles. The van der Waals surface area contributed by atoms with E-state index >= 15 is 0 Å². The van der Waals surface area contributed by atoms with E-state index < -0.39 is 0 Å². The molecule has 0 spiro atoms. The van der Waals surface area contributed by atoms with Crippen LogP contribution >= 0.6 is 0 Å². The summed E-state index contributed by atoms with van der Waals surface area (Å²) in [5.41, 5.74) is 6.11. The van der Waals surface area contributed by atoms with Crippen LogP contribution in [0.1, 0.15) is 109 Å². The third-order valence-electron chi connectivity index (χ3n) is 8.35.